The smallest absolute Gasteiger partial charge is 0.410 e. The summed E-state index contributed by atoms with van der Waals surface area (Å²) >= 11 is 0. The van der Waals surface area contributed by atoms with Crippen molar-refractivity contribution in [2.24, 2.45) is 11.8 Å². The number of alkyl halides is 1. The average Bonchev–Trinajstić information content (AvgIpc) is 2.98. The quantitative estimate of drug-likeness (QED) is 0.832. The zero-order valence-electron chi connectivity index (χ0n) is 11.0. The molecule has 3 unspecified atom stereocenters. The SMILES string of the molecule is O=C1C(F)CC2CN(C(=O)OCc3ccccc3)CC12. The van der Waals surface area contributed by atoms with Crippen LogP contribution in [0.5, 0.6) is 0 Å². The molecule has 1 aromatic rings. The molecule has 0 N–H and O–H groups in total. The number of benzene rings is 1. The van der Waals surface area contributed by atoms with Gasteiger partial charge in [-0.05, 0) is 17.9 Å². The van der Waals surface area contributed by atoms with Gasteiger partial charge in [-0.1, -0.05) is 30.3 Å². The average molecular weight is 277 g/mol. The van der Waals surface area contributed by atoms with Gasteiger partial charge in [0, 0.05) is 19.0 Å². The van der Waals surface area contributed by atoms with Crippen LogP contribution in [0.2, 0.25) is 0 Å². The molecule has 1 saturated heterocycles. The third-order valence-corrected chi connectivity index (χ3v) is 4.09. The number of rotatable bonds is 2. The van der Waals surface area contributed by atoms with Crippen molar-refractivity contribution in [1.29, 1.82) is 0 Å². The van der Waals surface area contributed by atoms with E-state index in [1.54, 1.807) is 0 Å². The number of carbonyl (C=O) groups excluding carboxylic acids is 2. The van der Waals surface area contributed by atoms with E-state index in [-0.39, 0.29) is 37.2 Å². The van der Waals surface area contributed by atoms with Gasteiger partial charge in [0.1, 0.15) is 6.61 Å². The van der Waals surface area contributed by atoms with Gasteiger partial charge in [-0.3, -0.25) is 4.79 Å². The summed E-state index contributed by atoms with van der Waals surface area (Å²) in [4.78, 5) is 25.0. The number of ether oxygens (including phenoxy) is 1. The Bertz CT molecular complexity index is 519. The topological polar surface area (TPSA) is 46.6 Å². The maximum Gasteiger partial charge on any atom is 0.410 e. The first-order chi connectivity index (χ1) is 9.65. The first kappa shape index (κ1) is 13.1. The van der Waals surface area contributed by atoms with E-state index in [1.807, 2.05) is 30.3 Å². The van der Waals surface area contributed by atoms with Crippen LogP contribution in [-0.2, 0) is 16.1 Å². The van der Waals surface area contributed by atoms with Gasteiger partial charge in [-0.15, -0.1) is 0 Å². The number of likely N-dealkylation sites (tertiary alicyclic amines) is 1. The second-order valence-corrected chi connectivity index (χ2v) is 5.42. The van der Waals surface area contributed by atoms with Crippen LogP contribution in [0.25, 0.3) is 0 Å². The minimum atomic E-state index is -1.34. The first-order valence-corrected chi connectivity index (χ1v) is 6.78. The van der Waals surface area contributed by atoms with Crippen molar-refractivity contribution in [3.63, 3.8) is 0 Å². The van der Waals surface area contributed by atoms with Gasteiger partial charge in [0.2, 0.25) is 0 Å². The highest BCUT2D eigenvalue weighted by atomic mass is 19.1. The van der Waals surface area contributed by atoms with E-state index in [1.165, 1.54) is 4.90 Å². The lowest BCUT2D eigenvalue weighted by atomic mass is 10.0. The molecule has 1 aliphatic carbocycles. The maximum absolute atomic E-state index is 13.3. The van der Waals surface area contributed by atoms with E-state index in [9.17, 15) is 14.0 Å². The van der Waals surface area contributed by atoms with Crippen LogP contribution in [0.15, 0.2) is 30.3 Å². The van der Waals surface area contributed by atoms with Crippen molar-refractivity contribution >= 4 is 11.9 Å². The van der Waals surface area contributed by atoms with Crippen molar-refractivity contribution in [3.05, 3.63) is 35.9 Å². The highest BCUT2D eigenvalue weighted by molar-refractivity contribution is 5.89. The van der Waals surface area contributed by atoms with E-state index >= 15 is 0 Å². The molecular formula is C15H16FNO3. The number of halogens is 1. The van der Waals surface area contributed by atoms with Gasteiger partial charge < -0.3 is 9.64 Å². The molecule has 2 fully saturated rings. The Morgan fingerprint density at radius 2 is 2.05 bits per heavy atom. The fourth-order valence-corrected chi connectivity index (χ4v) is 3.01. The maximum atomic E-state index is 13.3. The third kappa shape index (κ3) is 2.40. The van der Waals surface area contributed by atoms with Crippen molar-refractivity contribution < 1.29 is 18.7 Å². The van der Waals surface area contributed by atoms with Gasteiger partial charge in [0.05, 0.1) is 0 Å². The molecule has 3 rings (SSSR count). The fourth-order valence-electron chi connectivity index (χ4n) is 3.01. The van der Waals surface area contributed by atoms with Crippen LogP contribution < -0.4 is 0 Å². The van der Waals surface area contributed by atoms with Gasteiger partial charge in [-0.25, -0.2) is 9.18 Å². The van der Waals surface area contributed by atoms with Gasteiger partial charge >= 0.3 is 6.09 Å². The van der Waals surface area contributed by atoms with Gasteiger partial charge in [0.25, 0.3) is 0 Å². The molecule has 0 radical (unpaired) electrons. The number of carbonyl (C=O) groups is 2. The molecule has 1 saturated carbocycles. The summed E-state index contributed by atoms with van der Waals surface area (Å²) in [5.41, 5.74) is 0.917. The molecule has 1 amide bonds. The highest BCUT2D eigenvalue weighted by Gasteiger charge is 2.49. The summed E-state index contributed by atoms with van der Waals surface area (Å²) in [5, 5.41) is 0. The highest BCUT2D eigenvalue weighted by Crippen LogP contribution is 2.37. The molecule has 0 spiro atoms. The zero-order valence-corrected chi connectivity index (χ0v) is 11.0. The normalized spacial score (nSPS) is 28.6. The molecule has 20 heavy (non-hydrogen) atoms. The van der Waals surface area contributed by atoms with Gasteiger partial charge in [0.15, 0.2) is 12.0 Å². The van der Waals surface area contributed by atoms with E-state index < -0.39 is 12.3 Å². The van der Waals surface area contributed by atoms with Crippen LogP contribution in [0.4, 0.5) is 9.18 Å². The minimum absolute atomic E-state index is 0.0400. The van der Waals surface area contributed by atoms with Crippen molar-refractivity contribution in [2.75, 3.05) is 13.1 Å². The second-order valence-electron chi connectivity index (χ2n) is 5.42. The molecule has 2 aliphatic rings. The van der Waals surface area contributed by atoms with Crippen molar-refractivity contribution in [3.8, 4) is 0 Å². The number of hydrogen-bond donors (Lipinski definition) is 0. The predicted molar refractivity (Wildman–Crippen MR) is 69.7 cm³/mol. The summed E-state index contributed by atoms with van der Waals surface area (Å²) in [5.74, 6) is -0.732. The fraction of sp³-hybridized carbons (Fsp3) is 0.467. The van der Waals surface area contributed by atoms with Crippen molar-refractivity contribution in [2.45, 2.75) is 19.2 Å². The van der Waals surface area contributed by atoms with E-state index in [2.05, 4.69) is 0 Å². The summed E-state index contributed by atoms with van der Waals surface area (Å²) in [6.45, 7) is 0.924. The molecule has 1 heterocycles. The Labute approximate surface area is 116 Å². The predicted octanol–water partition coefficient (Wildman–Crippen LogP) is 2.18. The molecule has 5 heteroatoms. The number of nitrogens with zero attached hydrogens (tertiary/aromatic N) is 1. The Morgan fingerprint density at radius 1 is 1.30 bits per heavy atom. The number of ketones is 1. The largest absolute Gasteiger partial charge is 0.445 e. The third-order valence-electron chi connectivity index (χ3n) is 4.09. The Balaban J connectivity index is 1.54. The molecule has 1 aromatic carbocycles. The molecule has 0 bridgehead atoms. The molecule has 1 aliphatic heterocycles. The van der Waals surface area contributed by atoms with Crippen LogP contribution in [0, 0.1) is 11.8 Å². The molecule has 106 valence electrons. The van der Waals surface area contributed by atoms with Gasteiger partial charge in [-0.2, -0.15) is 0 Å². The zero-order chi connectivity index (χ0) is 14.1. The molecule has 3 atom stereocenters. The Hall–Kier alpha value is -1.91. The minimum Gasteiger partial charge on any atom is -0.445 e. The summed E-state index contributed by atoms with van der Waals surface area (Å²) < 4.78 is 18.5. The van der Waals surface area contributed by atoms with Crippen LogP contribution in [0.1, 0.15) is 12.0 Å². The first-order valence-electron chi connectivity index (χ1n) is 6.78. The number of amides is 1. The van der Waals surface area contributed by atoms with Crippen molar-refractivity contribution in [1.82, 2.24) is 4.90 Å². The molecular weight excluding hydrogens is 261 g/mol. The van der Waals surface area contributed by atoms with E-state index in [0.717, 1.165) is 5.56 Å². The van der Waals surface area contributed by atoms with E-state index in [0.29, 0.717) is 6.54 Å². The standard InChI is InChI=1S/C15H16FNO3/c16-13-6-11-7-17(8-12(11)14(13)18)15(19)20-9-10-4-2-1-3-5-10/h1-5,11-13H,6-9H2. The molecule has 4 nitrogen and oxygen atoms in total. The lowest BCUT2D eigenvalue weighted by molar-refractivity contribution is -0.124. The molecule has 0 aromatic heterocycles. The summed E-state index contributed by atoms with van der Waals surface area (Å²) in [7, 11) is 0. The van der Waals surface area contributed by atoms with Crippen LogP contribution in [-0.4, -0.2) is 36.0 Å². The lowest BCUT2D eigenvalue weighted by Gasteiger charge is -2.17. The summed E-state index contributed by atoms with van der Waals surface area (Å²) in [6.07, 6.45) is -1.52. The number of hydrogen-bond acceptors (Lipinski definition) is 3. The lowest BCUT2D eigenvalue weighted by Crippen LogP contribution is -2.32. The number of Topliss-reactive ketones (excluding diaryl/α,β-unsaturated/α-hetero) is 1. The Kier molecular flexibility index (Phi) is 3.42. The Morgan fingerprint density at radius 3 is 2.75 bits per heavy atom. The second kappa shape index (κ2) is 5.23. The summed E-state index contributed by atoms with van der Waals surface area (Å²) in [6, 6.07) is 9.41. The van der Waals surface area contributed by atoms with Crippen LogP contribution >= 0.6 is 0 Å². The van der Waals surface area contributed by atoms with E-state index in [4.69, 9.17) is 4.74 Å². The monoisotopic (exact) mass is 277 g/mol. The number of fused-ring (bicyclic) bond motifs is 1. The van der Waals surface area contributed by atoms with Crippen LogP contribution in [0.3, 0.4) is 0 Å².